The van der Waals surface area contributed by atoms with E-state index in [2.05, 4.69) is 25.7 Å². The number of guanidine groups is 1. The Labute approximate surface area is 183 Å². The molecule has 2 N–H and O–H groups in total. The van der Waals surface area contributed by atoms with E-state index in [0.717, 1.165) is 69.5 Å². The molecule has 1 aromatic heterocycles. The lowest BCUT2D eigenvalue weighted by molar-refractivity contribution is -0.129. The predicted octanol–water partition coefficient (Wildman–Crippen LogP) is 0.925. The fourth-order valence-electron chi connectivity index (χ4n) is 3.57. The summed E-state index contributed by atoms with van der Waals surface area (Å²) in [5.41, 5.74) is 0. The number of fused-ring (bicyclic) bond motifs is 1. The number of hydrogen-bond donors (Lipinski definition) is 2. The minimum Gasteiger partial charge on any atom is -0.377 e. The number of carbonyl (C=O) groups excluding carboxylic acids is 1. The van der Waals surface area contributed by atoms with Gasteiger partial charge in [0.15, 0.2) is 11.8 Å². The molecule has 0 radical (unpaired) electrons. The van der Waals surface area contributed by atoms with Crippen LogP contribution >= 0.6 is 24.0 Å². The standard InChI is InChI=1S/C18H31N7O2.HI/c1-3-19-18(20-9-8-17(26)24-10-4-5-11-24)21-14-6-7-16-22-15(13-27-2)23-25(16)12-14;/h14H,3-13H2,1-2H3,(H2,19,20,21);1H. The number of nitrogens with zero attached hydrogens (tertiary/aromatic N) is 5. The maximum atomic E-state index is 12.2. The molecule has 3 heterocycles. The quantitative estimate of drug-likeness (QED) is 0.325. The van der Waals surface area contributed by atoms with Crippen molar-refractivity contribution < 1.29 is 9.53 Å². The van der Waals surface area contributed by atoms with Gasteiger partial charge in [-0.15, -0.1) is 24.0 Å². The van der Waals surface area contributed by atoms with Crippen molar-refractivity contribution in [3.05, 3.63) is 11.6 Å². The molecule has 10 heteroatoms. The Morgan fingerprint density at radius 3 is 2.86 bits per heavy atom. The van der Waals surface area contributed by atoms with Crippen LogP contribution < -0.4 is 10.6 Å². The lowest BCUT2D eigenvalue weighted by Gasteiger charge is -2.25. The van der Waals surface area contributed by atoms with Gasteiger partial charge in [0.1, 0.15) is 12.4 Å². The van der Waals surface area contributed by atoms with Crippen LogP contribution in [-0.2, 0) is 29.1 Å². The van der Waals surface area contributed by atoms with Crippen LogP contribution in [0.4, 0.5) is 0 Å². The molecule has 3 rings (SSSR count). The van der Waals surface area contributed by atoms with Gasteiger partial charge >= 0.3 is 0 Å². The van der Waals surface area contributed by atoms with Crippen molar-refractivity contribution >= 4 is 35.8 Å². The van der Waals surface area contributed by atoms with Crippen LogP contribution in [0, 0.1) is 0 Å². The molecule has 0 aliphatic carbocycles. The van der Waals surface area contributed by atoms with E-state index in [1.165, 1.54) is 0 Å². The van der Waals surface area contributed by atoms with Crippen molar-refractivity contribution in [3.63, 3.8) is 0 Å². The molecule has 0 aromatic carbocycles. The lowest BCUT2D eigenvalue weighted by atomic mass is 10.1. The van der Waals surface area contributed by atoms with Gasteiger partial charge in [0.05, 0.1) is 13.1 Å². The lowest BCUT2D eigenvalue weighted by Crippen LogP contribution is -2.47. The van der Waals surface area contributed by atoms with E-state index in [1.54, 1.807) is 7.11 Å². The van der Waals surface area contributed by atoms with Crippen molar-refractivity contribution in [1.82, 2.24) is 30.3 Å². The highest BCUT2D eigenvalue weighted by Gasteiger charge is 2.22. The topological polar surface area (TPSA) is 96.7 Å². The molecule has 0 saturated carbocycles. The van der Waals surface area contributed by atoms with E-state index in [0.29, 0.717) is 19.6 Å². The Morgan fingerprint density at radius 2 is 2.14 bits per heavy atom. The van der Waals surface area contributed by atoms with E-state index in [1.807, 2.05) is 16.5 Å². The molecule has 1 amide bonds. The third-order valence-corrected chi connectivity index (χ3v) is 4.91. The normalized spacial score (nSPS) is 19.1. The number of aliphatic imine (C=N–C) groups is 1. The number of nitrogens with one attached hydrogen (secondary N) is 2. The maximum Gasteiger partial charge on any atom is 0.224 e. The van der Waals surface area contributed by atoms with Crippen molar-refractivity contribution in [3.8, 4) is 0 Å². The van der Waals surface area contributed by atoms with Crippen molar-refractivity contribution in [1.29, 1.82) is 0 Å². The summed E-state index contributed by atoms with van der Waals surface area (Å²) in [5.74, 6) is 2.72. The first-order chi connectivity index (χ1) is 13.2. The number of halogens is 1. The number of amides is 1. The Morgan fingerprint density at radius 1 is 1.36 bits per heavy atom. The molecule has 1 saturated heterocycles. The van der Waals surface area contributed by atoms with Gasteiger partial charge < -0.3 is 20.3 Å². The molecular weight excluding hydrogens is 473 g/mol. The van der Waals surface area contributed by atoms with E-state index < -0.39 is 0 Å². The number of carbonyl (C=O) groups is 1. The molecule has 1 unspecified atom stereocenters. The Balaban J connectivity index is 0.00000280. The van der Waals surface area contributed by atoms with Crippen LogP contribution in [0.5, 0.6) is 0 Å². The summed E-state index contributed by atoms with van der Waals surface area (Å²) in [5, 5.41) is 11.3. The number of hydrogen-bond acceptors (Lipinski definition) is 5. The molecule has 158 valence electrons. The first-order valence-corrected chi connectivity index (χ1v) is 9.93. The summed E-state index contributed by atoms with van der Waals surface area (Å²) in [7, 11) is 1.65. The van der Waals surface area contributed by atoms with E-state index in [9.17, 15) is 4.79 Å². The van der Waals surface area contributed by atoms with E-state index in [-0.39, 0.29) is 35.9 Å². The SMILES string of the molecule is CCNC(=NCCC(=O)N1CCCC1)NC1CCc2nc(COC)nn2C1.I. The van der Waals surface area contributed by atoms with Gasteiger partial charge in [-0.25, -0.2) is 9.67 Å². The first-order valence-electron chi connectivity index (χ1n) is 9.93. The third-order valence-electron chi connectivity index (χ3n) is 4.91. The summed E-state index contributed by atoms with van der Waals surface area (Å²) in [6.07, 6.45) is 4.56. The second-order valence-electron chi connectivity index (χ2n) is 7.04. The van der Waals surface area contributed by atoms with E-state index in [4.69, 9.17) is 4.74 Å². The number of aromatic nitrogens is 3. The van der Waals surface area contributed by atoms with Gasteiger partial charge in [-0.2, -0.15) is 5.10 Å². The average Bonchev–Trinajstić information content (AvgIpc) is 3.31. The van der Waals surface area contributed by atoms with Crippen LogP contribution in [0.2, 0.25) is 0 Å². The second kappa shape index (κ2) is 11.5. The van der Waals surface area contributed by atoms with Crippen LogP contribution in [0.25, 0.3) is 0 Å². The Hall–Kier alpha value is -1.43. The fourth-order valence-corrected chi connectivity index (χ4v) is 3.57. The van der Waals surface area contributed by atoms with Gasteiger partial charge in [-0.05, 0) is 26.2 Å². The molecule has 1 atom stereocenters. The van der Waals surface area contributed by atoms with Gasteiger partial charge in [-0.1, -0.05) is 0 Å². The number of methoxy groups -OCH3 is 1. The fraction of sp³-hybridized carbons (Fsp3) is 0.778. The molecule has 0 spiro atoms. The summed E-state index contributed by atoms with van der Waals surface area (Å²) in [4.78, 5) is 23.2. The number of rotatable bonds is 7. The zero-order valence-electron chi connectivity index (χ0n) is 16.8. The Kier molecular flexibility index (Phi) is 9.42. The molecule has 9 nitrogen and oxygen atoms in total. The van der Waals surface area contributed by atoms with Crippen molar-refractivity contribution in [2.24, 2.45) is 4.99 Å². The van der Waals surface area contributed by atoms with Crippen LogP contribution in [0.3, 0.4) is 0 Å². The average molecular weight is 505 g/mol. The first kappa shape index (κ1) is 22.9. The summed E-state index contributed by atoms with van der Waals surface area (Å²) in [6.45, 7) is 6.31. The third kappa shape index (κ3) is 6.29. The summed E-state index contributed by atoms with van der Waals surface area (Å²) < 4.78 is 7.07. The van der Waals surface area contributed by atoms with Crippen molar-refractivity contribution in [2.45, 2.75) is 58.2 Å². The van der Waals surface area contributed by atoms with Gasteiger partial charge in [-0.3, -0.25) is 9.79 Å². The zero-order chi connectivity index (χ0) is 19.1. The highest BCUT2D eigenvalue weighted by Crippen LogP contribution is 2.13. The van der Waals surface area contributed by atoms with Crippen molar-refractivity contribution in [2.75, 3.05) is 33.3 Å². The molecule has 0 bridgehead atoms. The maximum absolute atomic E-state index is 12.2. The van der Waals surface area contributed by atoms with Crippen LogP contribution in [0.1, 0.15) is 44.3 Å². The summed E-state index contributed by atoms with van der Waals surface area (Å²) >= 11 is 0. The minimum absolute atomic E-state index is 0. The molecule has 1 aromatic rings. The number of aryl methyl sites for hydroxylation is 1. The smallest absolute Gasteiger partial charge is 0.224 e. The van der Waals surface area contributed by atoms with E-state index >= 15 is 0 Å². The second-order valence-corrected chi connectivity index (χ2v) is 7.04. The zero-order valence-corrected chi connectivity index (χ0v) is 19.1. The van der Waals surface area contributed by atoms with Crippen LogP contribution in [-0.4, -0.2) is 70.9 Å². The molecular formula is C18H32IN7O2. The predicted molar refractivity (Wildman–Crippen MR) is 118 cm³/mol. The number of ether oxygens (including phenoxy) is 1. The number of likely N-dealkylation sites (tertiary alicyclic amines) is 1. The minimum atomic E-state index is 0. The molecule has 2 aliphatic rings. The Bertz CT molecular complexity index is 658. The largest absolute Gasteiger partial charge is 0.377 e. The molecule has 2 aliphatic heterocycles. The summed E-state index contributed by atoms with van der Waals surface area (Å²) in [6, 6.07) is 0.238. The van der Waals surface area contributed by atoms with Crippen LogP contribution in [0.15, 0.2) is 4.99 Å². The van der Waals surface area contributed by atoms with Gasteiger partial charge in [0, 0.05) is 45.6 Å². The monoisotopic (exact) mass is 505 g/mol. The van der Waals surface area contributed by atoms with Gasteiger partial charge in [0.2, 0.25) is 5.91 Å². The highest BCUT2D eigenvalue weighted by atomic mass is 127. The molecule has 28 heavy (non-hydrogen) atoms. The highest BCUT2D eigenvalue weighted by molar-refractivity contribution is 14.0. The van der Waals surface area contributed by atoms with Gasteiger partial charge in [0.25, 0.3) is 0 Å². The molecule has 1 fully saturated rings.